The van der Waals surface area contributed by atoms with Crippen LogP contribution >= 0.6 is 0 Å². The summed E-state index contributed by atoms with van der Waals surface area (Å²) in [5.41, 5.74) is 12.5. The van der Waals surface area contributed by atoms with E-state index in [2.05, 4.69) is 121 Å². The molecule has 6 aromatic rings. The molecule has 2 aliphatic rings. The third-order valence-corrected chi connectivity index (χ3v) is 8.13. The summed E-state index contributed by atoms with van der Waals surface area (Å²) in [5.74, 6) is 0. The molecule has 5 aromatic carbocycles. The van der Waals surface area contributed by atoms with Crippen LogP contribution in [-0.4, -0.2) is 5.54 Å². The van der Waals surface area contributed by atoms with E-state index in [1.807, 2.05) is 0 Å². The highest BCUT2D eigenvalue weighted by molar-refractivity contribution is 6.13. The van der Waals surface area contributed by atoms with Gasteiger partial charge >= 0.3 is 0 Å². The van der Waals surface area contributed by atoms with Gasteiger partial charge in [-0.3, -0.25) is 0 Å². The van der Waals surface area contributed by atoms with Crippen molar-refractivity contribution in [2.45, 2.75) is 25.3 Å². The number of hydrogen-bond donors (Lipinski definition) is 0. The Balaban J connectivity index is 1.31. The van der Waals surface area contributed by atoms with Crippen LogP contribution in [0.2, 0.25) is 0 Å². The van der Waals surface area contributed by atoms with Crippen molar-refractivity contribution < 1.29 is 4.42 Å². The van der Waals surface area contributed by atoms with E-state index in [1.165, 1.54) is 55.5 Å². The molecule has 0 fully saturated rings. The molecule has 3 heterocycles. The summed E-state index contributed by atoms with van der Waals surface area (Å²) in [5, 5.41) is 2.40. The maximum Gasteiger partial charge on any atom is 0.136 e. The van der Waals surface area contributed by atoms with Gasteiger partial charge in [0.15, 0.2) is 0 Å². The molecule has 2 nitrogen and oxygen atoms in total. The Labute approximate surface area is 210 Å². The van der Waals surface area contributed by atoms with Crippen LogP contribution in [-0.2, 0) is 12.8 Å². The standard InChI is InChI=1S/C34H25NO/c1-34-20-25-17-24(22-9-4-2-5-10-22)15-16-29(25)35(34)30-19-28-32(18-26(30)21-34)36-31-14-8-13-27(33(28)31)23-11-6-3-7-12-23/h2-19H,20-21H2,1H3. The van der Waals surface area contributed by atoms with E-state index in [4.69, 9.17) is 4.42 Å². The third kappa shape index (κ3) is 2.73. The second-order valence-corrected chi connectivity index (χ2v) is 10.5. The number of benzene rings is 5. The minimum Gasteiger partial charge on any atom is -0.456 e. The highest BCUT2D eigenvalue weighted by atomic mass is 16.3. The van der Waals surface area contributed by atoms with Gasteiger partial charge in [0.1, 0.15) is 11.2 Å². The Hall–Kier alpha value is -4.30. The molecule has 0 spiro atoms. The van der Waals surface area contributed by atoms with Crippen molar-refractivity contribution in [3.63, 3.8) is 0 Å². The molecule has 0 amide bonds. The summed E-state index contributed by atoms with van der Waals surface area (Å²) in [7, 11) is 0. The number of hydrogen-bond acceptors (Lipinski definition) is 2. The van der Waals surface area contributed by atoms with E-state index in [9.17, 15) is 0 Å². The Kier molecular flexibility index (Phi) is 3.94. The number of fused-ring (bicyclic) bond motifs is 8. The lowest BCUT2D eigenvalue weighted by atomic mass is 9.91. The second kappa shape index (κ2) is 7.11. The molecular formula is C34H25NO. The number of anilines is 2. The monoisotopic (exact) mass is 463 g/mol. The molecule has 0 aliphatic carbocycles. The zero-order chi connectivity index (χ0) is 23.9. The largest absolute Gasteiger partial charge is 0.456 e. The summed E-state index contributed by atoms with van der Waals surface area (Å²) in [6.07, 6.45) is 2.07. The van der Waals surface area contributed by atoms with Gasteiger partial charge in [-0.2, -0.15) is 0 Å². The fraction of sp³-hybridized carbons (Fsp3) is 0.118. The molecule has 0 saturated carbocycles. The van der Waals surface area contributed by atoms with Crippen molar-refractivity contribution in [1.82, 2.24) is 0 Å². The van der Waals surface area contributed by atoms with Crippen molar-refractivity contribution in [1.29, 1.82) is 0 Å². The first-order valence-electron chi connectivity index (χ1n) is 12.7. The van der Waals surface area contributed by atoms with Gasteiger partial charge in [0.25, 0.3) is 0 Å². The molecule has 1 aromatic heterocycles. The van der Waals surface area contributed by atoms with Crippen LogP contribution in [0.25, 0.3) is 44.2 Å². The van der Waals surface area contributed by atoms with Crippen molar-refractivity contribution in [2.75, 3.05) is 4.90 Å². The molecule has 2 aliphatic heterocycles. The van der Waals surface area contributed by atoms with Gasteiger partial charge in [0.2, 0.25) is 0 Å². The van der Waals surface area contributed by atoms with Crippen LogP contribution in [0.3, 0.4) is 0 Å². The topological polar surface area (TPSA) is 16.4 Å². The van der Waals surface area contributed by atoms with E-state index < -0.39 is 0 Å². The predicted octanol–water partition coefficient (Wildman–Crippen LogP) is 8.93. The Morgan fingerprint density at radius 2 is 1.33 bits per heavy atom. The molecule has 1 atom stereocenters. The van der Waals surface area contributed by atoms with Gasteiger partial charge in [-0.05, 0) is 83.5 Å². The van der Waals surface area contributed by atoms with Crippen LogP contribution in [0, 0.1) is 0 Å². The van der Waals surface area contributed by atoms with Crippen LogP contribution < -0.4 is 4.90 Å². The lowest BCUT2D eigenvalue weighted by Gasteiger charge is -2.30. The maximum atomic E-state index is 6.41. The Morgan fingerprint density at radius 1 is 0.611 bits per heavy atom. The van der Waals surface area contributed by atoms with Crippen LogP contribution in [0.5, 0.6) is 0 Å². The minimum absolute atomic E-state index is 0.0524. The van der Waals surface area contributed by atoms with Crippen molar-refractivity contribution in [3.05, 3.63) is 120 Å². The zero-order valence-electron chi connectivity index (χ0n) is 20.2. The van der Waals surface area contributed by atoms with Gasteiger partial charge in [-0.25, -0.2) is 0 Å². The maximum absolute atomic E-state index is 6.41. The van der Waals surface area contributed by atoms with Crippen molar-refractivity contribution in [2.24, 2.45) is 0 Å². The molecular weight excluding hydrogens is 438 g/mol. The highest BCUT2D eigenvalue weighted by Gasteiger charge is 2.46. The molecule has 0 saturated heterocycles. The molecule has 0 bridgehead atoms. The normalized spacial score (nSPS) is 18.0. The first kappa shape index (κ1) is 19.9. The summed E-state index contributed by atoms with van der Waals surface area (Å²) in [6, 6.07) is 39.4. The molecule has 0 radical (unpaired) electrons. The first-order valence-corrected chi connectivity index (χ1v) is 12.7. The Morgan fingerprint density at radius 3 is 2.11 bits per heavy atom. The van der Waals surface area contributed by atoms with Gasteiger partial charge in [-0.1, -0.05) is 78.9 Å². The van der Waals surface area contributed by atoms with E-state index >= 15 is 0 Å². The molecule has 172 valence electrons. The molecule has 36 heavy (non-hydrogen) atoms. The van der Waals surface area contributed by atoms with Gasteiger partial charge in [-0.15, -0.1) is 0 Å². The lowest BCUT2D eigenvalue weighted by Crippen LogP contribution is -2.37. The van der Waals surface area contributed by atoms with E-state index in [0.717, 1.165) is 24.0 Å². The number of nitrogens with zero attached hydrogens (tertiary/aromatic N) is 1. The van der Waals surface area contributed by atoms with Crippen molar-refractivity contribution >= 4 is 33.3 Å². The lowest BCUT2D eigenvalue weighted by molar-refractivity contribution is 0.507. The quantitative estimate of drug-likeness (QED) is 0.255. The smallest absolute Gasteiger partial charge is 0.136 e. The van der Waals surface area contributed by atoms with Crippen molar-refractivity contribution in [3.8, 4) is 22.3 Å². The Bertz CT molecular complexity index is 1800. The molecule has 2 heteroatoms. The fourth-order valence-corrected chi connectivity index (χ4v) is 6.62. The predicted molar refractivity (Wildman–Crippen MR) is 149 cm³/mol. The summed E-state index contributed by atoms with van der Waals surface area (Å²) in [6.45, 7) is 2.41. The number of rotatable bonds is 2. The summed E-state index contributed by atoms with van der Waals surface area (Å²) >= 11 is 0. The van der Waals surface area contributed by atoms with Gasteiger partial charge in [0, 0.05) is 22.1 Å². The van der Waals surface area contributed by atoms with Gasteiger partial charge < -0.3 is 9.32 Å². The summed E-state index contributed by atoms with van der Waals surface area (Å²) < 4.78 is 6.41. The van der Waals surface area contributed by atoms with E-state index in [-0.39, 0.29) is 5.54 Å². The third-order valence-electron chi connectivity index (χ3n) is 8.13. The first-order chi connectivity index (χ1) is 17.7. The molecule has 0 N–H and O–H groups in total. The average Bonchev–Trinajstić information content (AvgIpc) is 3.51. The minimum atomic E-state index is 0.0524. The van der Waals surface area contributed by atoms with E-state index in [1.54, 1.807) is 0 Å². The summed E-state index contributed by atoms with van der Waals surface area (Å²) in [4.78, 5) is 2.59. The van der Waals surface area contributed by atoms with E-state index in [0.29, 0.717) is 0 Å². The molecule has 8 rings (SSSR count). The molecule has 1 unspecified atom stereocenters. The highest BCUT2D eigenvalue weighted by Crippen LogP contribution is 2.54. The zero-order valence-corrected chi connectivity index (χ0v) is 20.2. The SMILES string of the molecule is CC12Cc3cc(-c4ccccc4)ccc3N1c1cc3c(cc1C2)oc1cccc(-c2ccccc2)c13. The van der Waals surface area contributed by atoms with Crippen LogP contribution in [0.15, 0.2) is 114 Å². The fourth-order valence-electron chi connectivity index (χ4n) is 6.62. The van der Waals surface area contributed by atoms with Gasteiger partial charge in [0.05, 0.1) is 5.54 Å². The van der Waals surface area contributed by atoms with Crippen LogP contribution in [0.4, 0.5) is 11.4 Å². The number of furan rings is 1. The van der Waals surface area contributed by atoms with Crippen LogP contribution in [0.1, 0.15) is 18.1 Å². The second-order valence-electron chi connectivity index (χ2n) is 10.5. The average molecular weight is 464 g/mol.